The van der Waals surface area contributed by atoms with Crippen LogP contribution in [0.3, 0.4) is 0 Å². The lowest BCUT2D eigenvalue weighted by Crippen LogP contribution is -2.17. The van der Waals surface area contributed by atoms with Crippen molar-refractivity contribution in [1.29, 1.82) is 5.26 Å². The average Bonchev–Trinajstić information content (AvgIpc) is 2.44. The van der Waals surface area contributed by atoms with E-state index in [2.05, 4.69) is 21.6 Å². The number of halogens is 3. The van der Waals surface area contributed by atoms with Crippen molar-refractivity contribution in [3.63, 3.8) is 0 Å². The van der Waals surface area contributed by atoms with Crippen LogP contribution in [0.1, 0.15) is 16.7 Å². The van der Waals surface area contributed by atoms with Gasteiger partial charge in [0.2, 0.25) is 0 Å². The van der Waals surface area contributed by atoms with Crippen molar-refractivity contribution in [2.75, 3.05) is 0 Å². The van der Waals surface area contributed by atoms with Crippen LogP contribution in [-0.4, -0.2) is 11.3 Å². The van der Waals surface area contributed by atoms with E-state index in [1.165, 1.54) is 36.7 Å². The molecule has 0 amide bonds. The van der Waals surface area contributed by atoms with E-state index in [0.717, 1.165) is 0 Å². The van der Waals surface area contributed by atoms with Crippen molar-refractivity contribution in [3.05, 3.63) is 59.4 Å². The van der Waals surface area contributed by atoms with Crippen molar-refractivity contribution in [1.82, 2.24) is 4.98 Å². The lowest BCUT2D eigenvalue weighted by atomic mass is 10.2. The van der Waals surface area contributed by atoms with E-state index in [-0.39, 0.29) is 5.75 Å². The van der Waals surface area contributed by atoms with Crippen LogP contribution in [0.4, 0.5) is 13.2 Å². The van der Waals surface area contributed by atoms with Crippen LogP contribution in [-0.2, 0) is 0 Å². The topological polar surface area (TPSA) is 45.9 Å². The molecule has 0 unspecified atom stereocenters. The predicted molar refractivity (Wildman–Crippen MR) is 68.1 cm³/mol. The zero-order valence-electron chi connectivity index (χ0n) is 10.5. The highest BCUT2D eigenvalue weighted by atomic mass is 19.4. The second-order valence-electron chi connectivity index (χ2n) is 3.90. The molecule has 21 heavy (non-hydrogen) atoms. The number of nitrogens with zero attached hydrogens (tertiary/aromatic N) is 2. The lowest BCUT2D eigenvalue weighted by Gasteiger charge is -2.08. The molecule has 6 heteroatoms. The molecular weight excluding hydrogens is 281 g/mol. The van der Waals surface area contributed by atoms with Crippen LogP contribution in [0, 0.1) is 23.2 Å². The first-order chi connectivity index (χ1) is 9.96. The predicted octanol–water partition coefficient (Wildman–Crippen LogP) is 3.25. The van der Waals surface area contributed by atoms with Crippen molar-refractivity contribution in [2.24, 2.45) is 0 Å². The Kier molecular flexibility index (Phi) is 4.10. The molecule has 2 rings (SSSR count). The molecule has 0 bridgehead atoms. The molecule has 0 spiro atoms. The molecule has 2 aromatic rings. The highest BCUT2D eigenvalue weighted by Gasteiger charge is 2.30. The standard InChI is InChI=1S/C15H7F3N2O/c16-15(17,18)21-14-3-1-2-11(7-14)4-5-12-6-13(8-19)10-20-9-12/h1-3,6-7,9-10H. The second kappa shape index (κ2) is 5.98. The Hall–Kier alpha value is -2.99. The minimum absolute atomic E-state index is 0.335. The van der Waals surface area contributed by atoms with E-state index < -0.39 is 6.36 Å². The van der Waals surface area contributed by atoms with E-state index >= 15 is 0 Å². The number of pyridine rings is 1. The Labute approximate surface area is 118 Å². The third kappa shape index (κ3) is 4.55. The van der Waals surface area contributed by atoms with Crippen LogP contribution in [0.5, 0.6) is 5.75 Å². The first-order valence-corrected chi connectivity index (χ1v) is 5.69. The van der Waals surface area contributed by atoms with E-state index in [0.29, 0.717) is 16.7 Å². The summed E-state index contributed by atoms with van der Waals surface area (Å²) < 4.78 is 40.1. The number of benzene rings is 1. The van der Waals surface area contributed by atoms with Gasteiger partial charge in [0.15, 0.2) is 0 Å². The van der Waals surface area contributed by atoms with Gasteiger partial charge in [0.25, 0.3) is 0 Å². The van der Waals surface area contributed by atoms with Gasteiger partial charge in [-0.1, -0.05) is 17.9 Å². The molecule has 0 N–H and O–H groups in total. The molecular formula is C15H7F3N2O. The summed E-state index contributed by atoms with van der Waals surface area (Å²) in [6, 6.07) is 8.80. The number of aromatic nitrogens is 1. The molecule has 0 fully saturated rings. The fourth-order valence-corrected chi connectivity index (χ4v) is 1.48. The molecule has 1 aromatic carbocycles. The number of hydrogen-bond donors (Lipinski definition) is 0. The van der Waals surface area contributed by atoms with Crippen molar-refractivity contribution in [3.8, 4) is 23.7 Å². The lowest BCUT2D eigenvalue weighted by molar-refractivity contribution is -0.274. The van der Waals surface area contributed by atoms with Crippen LogP contribution < -0.4 is 4.74 Å². The van der Waals surface area contributed by atoms with Gasteiger partial charge in [0.1, 0.15) is 11.8 Å². The van der Waals surface area contributed by atoms with Gasteiger partial charge in [0, 0.05) is 23.5 Å². The zero-order chi connectivity index (χ0) is 15.3. The first-order valence-electron chi connectivity index (χ1n) is 5.69. The van der Waals surface area contributed by atoms with Gasteiger partial charge in [0.05, 0.1) is 5.56 Å². The molecule has 0 saturated carbocycles. The van der Waals surface area contributed by atoms with Gasteiger partial charge in [-0.25, -0.2) is 0 Å². The van der Waals surface area contributed by atoms with Crippen molar-refractivity contribution < 1.29 is 17.9 Å². The van der Waals surface area contributed by atoms with Gasteiger partial charge in [-0.05, 0) is 24.3 Å². The molecule has 0 atom stereocenters. The number of rotatable bonds is 1. The zero-order valence-corrected chi connectivity index (χ0v) is 10.5. The largest absolute Gasteiger partial charge is 0.573 e. The third-order valence-corrected chi connectivity index (χ3v) is 2.29. The smallest absolute Gasteiger partial charge is 0.406 e. The molecule has 1 aromatic heterocycles. The second-order valence-corrected chi connectivity index (χ2v) is 3.90. The van der Waals surface area contributed by atoms with Crippen LogP contribution in [0.25, 0.3) is 0 Å². The third-order valence-electron chi connectivity index (χ3n) is 2.29. The maximum absolute atomic E-state index is 12.1. The van der Waals surface area contributed by atoms with Crippen molar-refractivity contribution >= 4 is 0 Å². The van der Waals surface area contributed by atoms with Crippen molar-refractivity contribution in [2.45, 2.75) is 6.36 Å². The van der Waals surface area contributed by atoms with E-state index in [1.54, 1.807) is 6.07 Å². The van der Waals surface area contributed by atoms with Gasteiger partial charge in [-0.2, -0.15) is 5.26 Å². The minimum atomic E-state index is -4.74. The Morgan fingerprint density at radius 1 is 1.00 bits per heavy atom. The molecule has 0 aliphatic heterocycles. The van der Waals surface area contributed by atoms with Gasteiger partial charge >= 0.3 is 6.36 Å². The molecule has 1 heterocycles. The maximum atomic E-state index is 12.1. The molecule has 0 saturated heterocycles. The highest BCUT2D eigenvalue weighted by Crippen LogP contribution is 2.23. The molecule has 0 radical (unpaired) electrons. The summed E-state index contributed by atoms with van der Waals surface area (Å²) in [5.74, 6) is 5.08. The quantitative estimate of drug-likeness (QED) is 0.757. The number of alkyl halides is 3. The number of nitriles is 1. The first kappa shape index (κ1) is 14.4. The Morgan fingerprint density at radius 3 is 2.43 bits per heavy atom. The van der Waals surface area contributed by atoms with Crippen LogP contribution in [0.15, 0.2) is 42.7 Å². The molecule has 3 nitrogen and oxygen atoms in total. The van der Waals surface area contributed by atoms with Gasteiger partial charge in [-0.3, -0.25) is 4.98 Å². The summed E-state index contributed by atoms with van der Waals surface area (Å²) in [6.07, 6.45) is -1.88. The van der Waals surface area contributed by atoms with E-state index in [1.807, 2.05) is 6.07 Å². The summed E-state index contributed by atoms with van der Waals surface area (Å²) in [7, 11) is 0. The molecule has 104 valence electrons. The van der Waals surface area contributed by atoms with E-state index in [4.69, 9.17) is 5.26 Å². The number of hydrogen-bond acceptors (Lipinski definition) is 3. The van der Waals surface area contributed by atoms with Crippen LogP contribution >= 0.6 is 0 Å². The summed E-state index contributed by atoms with van der Waals surface area (Å²) >= 11 is 0. The Morgan fingerprint density at radius 2 is 1.71 bits per heavy atom. The van der Waals surface area contributed by atoms with E-state index in [9.17, 15) is 13.2 Å². The van der Waals surface area contributed by atoms with Crippen LogP contribution in [0.2, 0.25) is 0 Å². The summed E-state index contributed by atoms with van der Waals surface area (Å²) in [5, 5.41) is 8.73. The fraction of sp³-hybridized carbons (Fsp3) is 0.0667. The van der Waals surface area contributed by atoms with Gasteiger partial charge in [-0.15, -0.1) is 13.2 Å². The highest BCUT2D eigenvalue weighted by molar-refractivity contribution is 5.46. The summed E-state index contributed by atoms with van der Waals surface area (Å²) in [6.45, 7) is 0. The normalized spacial score (nSPS) is 10.2. The molecule has 0 aliphatic rings. The van der Waals surface area contributed by atoms with Gasteiger partial charge < -0.3 is 4.74 Å². The number of ether oxygens (including phenoxy) is 1. The SMILES string of the molecule is N#Cc1cncc(C#Cc2cccc(OC(F)(F)F)c2)c1. The molecule has 0 aliphatic carbocycles. The average molecular weight is 288 g/mol. The Balaban J connectivity index is 2.23. The summed E-state index contributed by atoms with van der Waals surface area (Å²) in [5.41, 5.74) is 1.21. The maximum Gasteiger partial charge on any atom is 0.573 e. The summed E-state index contributed by atoms with van der Waals surface area (Å²) in [4.78, 5) is 3.84. The fourth-order valence-electron chi connectivity index (χ4n) is 1.48. The monoisotopic (exact) mass is 288 g/mol. The Bertz CT molecular complexity index is 752. The minimum Gasteiger partial charge on any atom is -0.406 e.